The summed E-state index contributed by atoms with van der Waals surface area (Å²) < 4.78 is 7.24. The molecule has 2 atom stereocenters. The van der Waals surface area contributed by atoms with Gasteiger partial charge in [-0.25, -0.2) is 0 Å². The summed E-state index contributed by atoms with van der Waals surface area (Å²) in [7, 11) is -2.79. The van der Waals surface area contributed by atoms with Crippen molar-refractivity contribution < 1.29 is 9.53 Å². The van der Waals surface area contributed by atoms with E-state index in [1.165, 1.54) is 15.9 Å². The highest BCUT2D eigenvalue weighted by atomic mass is 35.5. The summed E-state index contributed by atoms with van der Waals surface area (Å²) >= 11 is 6.66. The Balaban J connectivity index is 1.95. The second kappa shape index (κ2) is 8.31. The van der Waals surface area contributed by atoms with Gasteiger partial charge in [-0.15, -0.1) is 0 Å². The third kappa shape index (κ3) is 3.65. The molecule has 2 nitrogen and oxygen atoms in total. The number of aliphatic hydroxyl groups excluding tert-OH is 1. The molecular weight excluding hydrogens is 408 g/mol. The van der Waals surface area contributed by atoms with Crippen molar-refractivity contribution in [2.75, 3.05) is 0 Å². The minimum absolute atomic E-state index is 0.158. The van der Waals surface area contributed by atoms with Crippen molar-refractivity contribution in [2.45, 2.75) is 50.9 Å². The molecule has 0 unspecified atom stereocenters. The lowest BCUT2D eigenvalue weighted by Gasteiger charge is -2.47. The maximum Gasteiger partial charge on any atom is 0.262 e. The Morgan fingerprint density at radius 2 is 1.43 bits per heavy atom. The quantitative estimate of drug-likeness (QED) is 0.565. The zero-order valence-electron chi connectivity index (χ0n) is 17.8. The van der Waals surface area contributed by atoms with Crippen LogP contribution in [-0.4, -0.2) is 19.5 Å². The van der Waals surface area contributed by atoms with Crippen LogP contribution in [0.4, 0.5) is 0 Å². The van der Waals surface area contributed by atoms with Gasteiger partial charge in [0.15, 0.2) is 0 Å². The van der Waals surface area contributed by atoms with Crippen molar-refractivity contribution in [1.29, 1.82) is 0 Å². The first-order valence-electron chi connectivity index (χ1n) is 10.6. The largest absolute Gasteiger partial charge is 0.398 e. The summed E-state index contributed by atoms with van der Waals surface area (Å²) in [6.45, 7) is 6.76. The van der Waals surface area contributed by atoms with Crippen molar-refractivity contribution in [3.63, 3.8) is 0 Å². The summed E-state index contributed by atoms with van der Waals surface area (Å²) in [4.78, 5) is 0. The van der Waals surface area contributed by atoms with Gasteiger partial charge >= 0.3 is 0 Å². The molecule has 0 aliphatic heterocycles. The molecule has 0 aromatic heterocycles. The lowest BCUT2D eigenvalue weighted by Crippen LogP contribution is -2.67. The van der Waals surface area contributed by atoms with Crippen LogP contribution in [0.5, 0.6) is 0 Å². The Hall–Kier alpha value is -1.91. The second-order valence-electron chi connectivity index (χ2n) is 9.12. The number of benzene rings is 3. The van der Waals surface area contributed by atoms with Gasteiger partial charge in [0.25, 0.3) is 8.32 Å². The van der Waals surface area contributed by atoms with Crippen LogP contribution in [0.1, 0.15) is 44.4 Å². The van der Waals surface area contributed by atoms with Crippen LogP contribution in [0.2, 0.25) is 10.1 Å². The molecule has 30 heavy (non-hydrogen) atoms. The van der Waals surface area contributed by atoms with Crippen LogP contribution >= 0.6 is 11.6 Å². The monoisotopic (exact) mass is 436 g/mol. The van der Waals surface area contributed by atoms with E-state index in [9.17, 15) is 5.11 Å². The van der Waals surface area contributed by atoms with Gasteiger partial charge in [0.1, 0.15) is 0 Å². The minimum atomic E-state index is -2.79. The van der Waals surface area contributed by atoms with E-state index in [4.69, 9.17) is 16.0 Å². The Morgan fingerprint density at radius 3 is 1.97 bits per heavy atom. The average Bonchev–Trinajstić information content (AvgIpc) is 2.74. The number of aliphatic hydroxyl groups is 1. The zero-order chi connectivity index (χ0) is 21.4. The highest BCUT2D eigenvalue weighted by Gasteiger charge is 2.53. The molecule has 0 heterocycles. The first kappa shape index (κ1) is 21.3. The van der Waals surface area contributed by atoms with Gasteiger partial charge in [-0.2, -0.15) is 0 Å². The van der Waals surface area contributed by atoms with E-state index in [2.05, 4.69) is 75.4 Å². The SMILES string of the molecule is CC(C)(C)[Si](O[C@@H]1c2c(Cl)cccc2CC[C@H]1O)(c1ccccc1)c1ccccc1. The molecule has 1 aliphatic carbocycles. The number of halogens is 1. The van der Waals surface area contributed by atoms with Crippen LogP contribution in [0.25, 0.3) is 0 Å². The molecule has 0 spiro atoms. The number of rotatable bonds is 4. The fraction of sp³-hybridized carbons (Fsp3) is 0.308. The summed E-state index contributed by atoms with van der Waals surface area (Å²) in [6.07, 6.45) is 0.459. The Bertz CT molecular complexity index is 959. The summed E-state index contributed by atoms with van der Waals surface area (Å²) in [6, 6.07) is 27.1. The normalized spacial score (nSPS) is 19.4. The summed E-state index contributed by atoms with van der Waals surface area (Å²) in [5, 5.41) is 14.0. The first-order valence-corrected chi connectivity index (χ1v) is 12.9. The molecule has 0 amide bonds. The van der Waals surface area contributed by atoms with E-state index in [1.54, 1.807) is 0 Å². The molecule has 0 saturated heterocycles. The molecule has 4 heteroatoms. The van der Waals surface area contributed by atoms with Crippen LogP contribution in [0.15, 0.2) is 78.9 Å². The van der Waals surface area contributed by atoms with E-state index in [-0.39, 0.29) is 5.04 Å². The average molecular weight is 437 g/mol. The van der Waals surface area contributed by atoms with E-state index in [1.807, 2.05) is 24.3 Å². The minimum Gasteiger partial charge on any atom is -0.398 e. The predicted octanol–water partition coefficient (Wildman–Crippen LogP) is 5.26. The smallest absolute Gasteiger partial charge is 0.262 e. The highest BCUT2D eigenvalue weighted by Crippen LogP contribution is 2.44. The van der Waals surface area contributed by atoms with Gasteiger partial charge in [-0.1, -0.05) is 105 Å². The molecule has 0 radical (unpaired) electrons. The number of hydrogen-bond acceptors (Lipinski definition) is 2. The van der Waals surface area contributed by atoms with Crippen LogP contribution < -0.4 is 10.4 Å². The van der Waals surface area contributed by atoms with Crippen LogP contribution in [0.3, 0.4) is 0 Å². The molecule has 0 bridgehead atoms. The molecule has 1 aliphatic rings. The zero-order valence-corrected chi connectivity index (χ0v) is 19.6. The van der Waals surface area contributed by atoms with Crippen LogP contribution in [-0.2, 0) is 10.8 Å². The van der Waals surface area contributed by atoms with Gasteiger partial charge in [0, 0.05) is 10.6 Å². The molecular formula is C26H29ClO2Si. The number of fused-ring (bicyclic) bond motifs is 1. The standard InChI is InChI=1S/C26H29ClO2Si/c1-26(2,3)30(20-12-6-4-7-13-20,21-14-8-5-9-15-21)29-25-23(28)18-17-19-11-10-16-22(27)24(19)25/h4-16,23,25,28H,17-18H2,1-3H3/t23-,25+/m1/s1. The molecule has 1 N–H and O–H groups in total. The second-order valence-corrected chi connectivity index (χ2v) is 13.8. The molecule has 4 rings (SSSR count). The van der Waals surface area contributed by atoms with Crippen LogP contribution in [0, 0.1) is 0 Å². The maximum atomic E-state index is 11.1. The van der Waals surface area contributed by atoms with E-state index >= 15 is 0 Å². The van der Waals surface area contributed by atoms with Crippen molar-refractivity contribution in [2.24, 2.45) is 0 Å². The van der Waals surface area contributed by atoms with Gasteiger partial charge in [-0.05, 0) is 39.9 Å². The molecule has 3 aromatic rings. The first-order chi connectivity index (χ1) is 14.3. The fourth-order valence-electron chi connectivity index (χ4n) is 4.78. The summed E-state index contributed by atoms with van der Waals surface area (Å²) in [5.74, 6) is 0. The molecule has 3 aromatic carbocycles. The molecule has 156 valence electrons. The lowest BCUT2D eigenvalue weighted by molar-refractivity contribution is 0.0168. The molecule has 0 saturated carbocycles. The molecule has 0 fully saturated rings. The van der Waals surface area contributed by atoms with Crippen molar-refractivity contribution in [1.82, 2.24) is 0 Å². The van der Waals surface area contributed by atoms with Gasteiger partial charge in [0.05, 0.1) is 12.2 Å². The van der Waals surface area contributed by atoms with Gasteiger partial charge < -0.3 is 9.53 Å². The van der Waals surface area contributed by atoms with E-state index < -0.39 is 20.5 Å². The lowest BCUT2D eigenvalue weighted by atomic mass is 9.87. The van der Waals surface area contributed by atoms with Crippen molar-refractivity contribution >= 4 is 30.3 Å². The maximum absolute atomic E-state index is 11.1. The highest BCUT2D eigenvalue weighted by molar-refractivity contribution is 6.99. The topological polar surface area (TPSA) is 29.5 Å². The van der Waals surface area contributed by atoms with E-state index in [0.717, 1.165) is 12.0 Å². The third-order valence-electron chi connectivity index (χ3n) is 6.21. The predicted molar refractivity (Wildman–Crippen MR) is 127 cm³/mol. The number of aryl methyl sites for hydroxylation is 1. The Kier molecular flexibility index (Phi) is 5.91. The number of hydrogen-bond donors (Lipinski definition) is 1. The van der Waals surface area contributed by atoms with E-state index in [0.29, 0.717) is 11.4 Å². The Morgan fingerprint density at radius 1 is 0.867 bits per heavy atom. The van der Waals surface area contributed by atoms with Crippen molar-refractivity contribution in [3.05, 3.63) is 95.0 Å². The summed E-state index contributed by atoms with van der Waals surface area (Å²) in [5.41, 5.74) is 2.13. The third-order valence-corrected chi connectivity index (χ3v) is 11.5. The van der Waals surface area contributed by atoms with Gasteiger partial charge in [-0.3, -0.25) is 0 Å². The fourth-order valence-corrected chi connectivity index (χ4v) is 9.76. The van der Waals surface area contributed by atoms with Gasteiger partial charge in [0.2, 0.25) is 0 Å². The Labute approximate surface area is 185 Å². The van der Waals surface area contributed by atoms with Crippen molar-refractivity contribution in [3.8, 4) is 0 Å².